The third-order valence-electron chi connectivity index (χ3n) is 3.45. The van der Waals surface area contributed by atoms with Crippen molar-refractivity contribution in [3.63, 3.8) is 0 Å². The molecule has 1 saturated heterocycles. The van der Waals surface area contributed by atoms with Crippen LogP contribution in [0.1, 0.15) is 6.92 Å². The SMILES string of the molecule is CCS(=O)(=O)NC[C@H]1CN(c2ccc3c(c2)OCO3)C(=O)O1. The fourth-order valence-corrected chi connectivity index (χ4v) is 2.86. The van der Waals surface area contributed by atoms with Crippen molar-refractivity contribution >= 4 is 21.8 Å². The van der Waals surface area contributed by atoms with Crippen molar-refractivity contribution < 1.29 is 27.4 Å². The Labute approximate surface area is 128 Å². The number of rotatable bonds is 5. The van der Waals surface area contributed by atoms with Crippen LogP contribution in [0.3, 0.4) is 0 Å². The molecule has 0 bridgehead atoms. The molecule has 0 aliphatic carbocycles. The molecule has 9 heteroatoms. The number of ether oxygens (including phenoxy) is 3. The maximum absolute atomic E-state index is 11.9. The fraction of sp³-hybridized carbons (Fsp3) is 0.462. The first-order chi connectivity index (χ1) is 10.5. The highest BCUT2D eigenvalue weighted by Crippen LogP contribution is 2.36. The van der Waals surface area contributed by atoms with Gasteiger partial charge in [0, 0.05) is 12.6 Å². The summed E-state index contributed by atoms with van der Waals surface area (Å²) in [5, 5.41) is 0. The Kier molecular flexibility index (Phi) is 3.83. The molecule has 1 amide bonds. The molecule has 1 aromatic rings. The van der Waals surface area contributed by atoms with Gasteiger partial charge in [-0.05, 0) is 19.1 Å². The lowest BCUT2D eigenvalue weighted by atomic mass is 10.2. The largest absolute Gasteiger partial charge is 0.454 e. The minimum atomic E-state index is -3.31. The first kappa shape index (κ1) is 14.9. The van der Waals surface area contributed by atoms with Crippen LogP contribution in [0.4, 0.5) is 10.5 Å². The third-order valence-corrected chi connectivity index (χ3v) is 4.82. The molecular weight excluding hydrogens is 312 g/mol. The molecule has 120 valence electrons. The second kappa shape index (κ2) is 5.65. The Morgan fingerprint density at radius 2 is 2.09 bits per heavy atom. The lowest BCUT2D eigenvalue weighted by molar-refractivity contribution is 0.143. The Morgan fingerprint density at radius 3 is 2.86 bits per heavy atom. The summed E-state index contributed by atoms with van der Waals surface area (Å²) >= 11 is 0. The van der Waals surface area contributed by atoms with Gasteiger partial charge in [0.25, 0.3) is 0 Å². The second-order valence-electron chi connectivity index (χ2n) is 4.91. The number of benzene rings is 1. The van der Waals surface area contributed by atoms with E-state index >= 15 is 0 Å². The molecule has 2 aliphatic heterocycles. The van der Waals surface area contributed by atoms with E-state index in [9.17, 15) is 13.2 Å². The van der Waals surface area contributed by atoms with Gasteiger partial charge in [0.1, 0.15) is 6.10 Å². The molecule has 1 atom stereocenters. The number of sulfonamides is 1. The average Bonchev–Trinajstić information content (AvgIpc) is 3.10. The smallest absolute Gasteiger partial charge is 0.414 e. The third kappa shape index (κ3) is 2.95. The molecule has 0 radical (unpaired) electrons. The maximum atomic E-state index is 11.9. The van der Waals surface area contributed by atoms with E-state index in [2.05, 4.69) is 4.72 Å². The average molecular weight is 328 g/mol. The van der Waals surface area contributed by atoms with Crippen LogP contribution in [0.25, 0.3) is 0 Å². The number of nitrogens with one attached hydrogen (secondary N) is 1. The quantitative estimate of drug-likeness (QED) is 0.854. The number of hydrogen-bond donors (Lipinski definition) is 1. The number of anilines is 1. The van der Waals surface area contributed by atoms with Crippen LogP contribution in [0, 0.1) is 0 Å². The number of hydrogen-bond acceptors (Lipinski definition) is 6. The van der Waals surface area contributed by atoms with Gasteiger partial charge in [0.05, 0.1) is 18.0 Å². The highest BCUT2D eigenvalue weighted by atomic mass is 32.2. The zero-order valence-electron chi connectivity index (χ0n) is 11.9. The number of carbonyl (C=O) groups excluding carboxylic acids is 1. The Morgan fingerprint density at radius 1 is 1.32 bits per heavy atom. The molecule has 1 aromatic carbocycles. The Hall–Kier alpha value is -2.00. The number of amides is 1. The summed E-state index contributed by atoms with van der Waals surface area (Å²) in [4.78, 5) is 13.4. The normalized spacial score (nSPS) is 20.3. The van der Waals surface area contributed by atoms with Crippen molar-refractivity contribution in [2.75, 3.05) is 30.5 Å². The summed E-state index contributed by atoms with van der Waals surface area (Å²) < 4.78 is 40.9. The van der Waals surface area contributed by atoms with Crippen molar-refractivity contribution in [1.29, 1.82) is 0 Å². The van der Waals surface area contributed by atoms with Crippen molar-refractivity contribution in [2.24, 2.45) is 0 Å². The van der Waals surface area contributed by atoms with Gasteiger partial charge in [-0.15, -0.1) is 0 Å². The van der Waals surface area contributed by atoms with Crippen molar-refractivity contribution in [2.45, 2.75) is 13.0 Å². The van der Waals surface area contributed by atoms with Crippen molar-refractivity contribution in [3.8, 4) is 11.5 Å². The lowest BCUT2D eigenvalue weighted by Crippen LogP contribution is -2.35. The molecule has 2 heterocycles. The first-order valence-corrected chi connectivity index (χ1v) is 8.49. The molecule has 1 N–H and O–H groups in total. The molecule has 2 aliphatic rings. The van der Waals surface area contributed by atoms with Crippen LogP contribution >= 0.6 is 0 Å². The number of fused-ring (bicyclic) bond motifs is 1. The van der Waals surface area contributed by atoms with E-state index in [-0.39, 0.29) is 25.6 Å². The Bertz CT molecular complexity index is 690. The van der Waals surface area contributed by atoms with Gasteiger partial charge >= 0.3 is 6.09 Å². The highest BCUT2D eigenvalue weighted by molar-refractivity contribution is 7.89. The number of cyclic esters (lactones) is 1. The van der Waals surface area contributed by atoms with Crippen LogP contribution in [-0.4, -0.2) is 46.3 Å². The van der Waals surface area contributed by atoms with E-state index in [1.54, 1.807) is 25.1 Å². The minimum absolute atomic E-state index is 0.0143. The topological polar surface area (TPSA) is 94.2 Å². The van der Waals surface area contributed by atoms with Crippen LogP contribution in [0.2, 0.25) is 0 Å². The van der Waals surface area contributed by atoms with E-state index in [4.69, 9.17) is 14.2 Å². The van der Waals surface area contributed by atoms with Gasteiger partial charge in [0.15, 0.2) is 11.5 Å². The molecule has 0 saturated carbocycles. The molecular formula is C13H16N2O6S. The summed E-state index contributed by atoms with van der Waals surface area (Å²) in [5.41, 5.74) is 0.620. The van der Waals surface area contributed by atoms with Gasteiger partial charge in [-0.2, -0.15) is 0 Å². The van der Waals surface area contributed by atoms with Gasteiger partial charge < -0.3 is 14.2 Å². The molecule has 0 unspecified atom stereocenters. The van der Waals surface area contributed by atoms with E-state index in [0.717, 1.165) is 0 Å². The predicted molar refractivity (Wildman–Crippen MR) is 77.6 cm³/mol. The second-order valence-corrected chi connectivity index (χ2v) is 7.00. The van der Waals surface area contributed by atoms with Crippen LogP contribution in [0.5, 0.6) is 11.5 Å². The van der Waals surface area contributed by atoms with E-state index in [1.807, 2.05) is 0 Å². The van der Waals surface area contributed by atoms with Crippen LogP contribution < -0.4 is 19.1 Å². The predicted octanol–water partition coefficient (Wildman–Crippen LogP) is 0.680. The molecule has 22 heavy (non-hydrogen) atoms. The molecule has 3 rings (SSSR count). The molecule has 8 nitrogen and oxygen atoms in total. The van der Waals surface area contributed by atoms with Crippen molar-refractivity contribution in [1.82, 2.24) is 4.72 Å². The maximum Gasteiger partial charge on any atom is 0.414 e. The fourth-order valence-electron chi connectivity index (χ4n) is 2.21. The number of nitrogens with zero attached hydrogens (tertiary/aromatic N) is 1. The Balaban J connectivity index is 1.67. The van der Waals surface area contributed by atoms with Gasteiger partial charge in [-0.3, -0.25) is 4.90 Å². The number of carbonyl (C=O) groups is 1. The van der Waals surface area contributed by atoms with Crippen LogP contribution in [-0.2, 0) is 14.8 Å². The van der Waals surface area contributed by atoms with Crippen LogP contribution in [0.15, 0.2) is 18.2 Å². The minimum Gasteiger partial charge on any atom is -0.454 e. The molecule has 1 fully saturated rings. The summed E-state index contributed by atoms with van der Waals surface area (Å²) in [6.07, 6.45) is -1.04. The lowest BCUT2D eigenvalue weighted by Gasteiger charge is -2.13. The van der Waals surface area contributed by atoms with E-state index in [1.165, 1.54) is 4.90 Å². The summed E-state index contributed by atoms with van der Waals surface area (Å²) in [5.74, 6) is 1.18. The van der Waals surface area contributed by atoms with Gasteiger partial charge in [0.2, 0.25) is 16.8 Å². The summed E-state index contributed by atoms with van der Waals surface area (Å²) in [7, 11) is -3.31. The summed E-state index contributed by atoms with van der Waals surface area (Å²) in [6.45, 7) is 2.03. The zero-order valence-corrected chi connectivity index (χ0v) is 12.8. The summed E-state index contributed by atoms with van der Waals surface area (Å²) in [6, 6.07) is 5.15. The molecule has 0 aromatic heterocycles. The first-order valence-electron chi connectivity index (χ1n) is 6.83. The standard InChI is InChI=1S/C13H16N2O6S/c1-2-22(17,18)14-6-10-7-15(13(16)21-10)9-3-4-11-12(5-9)20-8-19-11/h3-5,10,14H,2,6-8H2,1H3/t10-/m0/s1. The van der Waals surface area contributed by atoms with E-state index < -0.39 is 22.2 Å². The van der Waals surface area contributed by atoms with Crippen molar-refractivity contribution in [3.05, 3.63) is 18.2 Å². The van der Waals surface area contributed by atoms with Gasteiger partial charge in [-0.25, -0.2) is 17.9 Å². The van der Waals surface area contributed by atoms with E-state index in [0.29, 0.717) is 17.2 Å². The highest BCUT2D eigenvalue weighted by Gasteiger charge is 2.33. The zero-order chi connectivity index (χ0) is 15.7. The van der Waals surface area contributed by atoms with Gasteiger partial charge in [-0.1, -0.05) is 0 Å². The monoisotopic (exact) mass is 328 g/mol. The molecule has 0 spiro atoms.